The van der Waals surface area contributed by atoms with Crippen LogP contribution in [0.2, 0.25) is 0 Å². The average Bonchev–Trinajstić information content (AvgIpc) is 2.70. The summed E-state index contributed by atoms with van der Waals surface area (Å²) in [4.78, 5) is 2.71. The van der Waals surface area contributed by atoms with E-state index in [0.29, 0.717) is 6.04 Å². The van der Waals surface area contributed by atoms with Gasteiger partial charge in [-0.2, -0.15) is 0 Å². The molecule has 2 nitrogen and oxygen atoms in total. The van der Waals surface area contributed by atoms with Crippen molar-refractivity contribution in [3.8, 4) is 0 Å². The molecule has 2 bridgehead atoms. The van der Waals surface area contributed by atoms with Crippen molar-refractivity contribution >= 4 is 0 Å². The van der Waals surface area contributed by atoms with Crippen LogP contribution in [0.4, 0.5) is 0 Å². The van der Waals surface area contributed by atoms with Crippen LogP contribution in [-0.4, -0.2) is 24.0 Å². The van der Waals surface area contributed by atoms with Gasteiger partial charge in [-0.25, -0.2) is 0 Å². The van der Waals surface area contributed by atoms with E-state index in [1.165, 1.54) is 83.7 Å². The van der Waals surface area contributed by atoms with Crippen LogP contribution in [0.3, 0.4) is 0 Å². The van der Waals surface area contributed by atoms with Crippen LogP contribution < -0.4 is 5.73 Å². The van der Waals surface area contributed by atoms with Gasteiger partial charge >= 0.3 is 0 Å². The fraction of sp³-hybridized carbons (Fsp3) is 0.889. The number of rotatable bonds is 1. The number of hydrogen-bond donors (Lipinski definition) is 1. The highest BCUT2D eigenvalue weighted by Gasteiger charge is 2.40. The normalized spacial score (nSPS) is 39.0. The van der Waals surface area contributed by atoms with Crippen molar-refractivity contribution in [2.75, 3.05) is 13.1 Å². The standard InChI is InChI=1S/C18H32N2/c19-18-15-11-12-16(18)14-20(13-15)17-9-7-5-3-1-2-4-6-8-10-17/h9,15-16,18H,1-8,10-14,19H2/b17-9+/t15-,16+,18?. The van der Waals surface area contributed by atoms with Gasteiger partial charge in [0.05, 0.1) is 0 Å². The molecular weight excluding hydrogens is 244 g/mol. The maximum Gasteiger partial charge on any atom is 0.0218 e. The molecule has 2 N–H and O–H groups in total. The maximum absolute atomic E-state index is 6.35. The third-order valence-corrected chi connectivity index (χ3v) is 5.83. The fourth-order valence-corrected chi connectivity index (χ4v) is 4.49. The van der Waals surface area contributed by atoms with E-state index in [2.05, 4.69) is 11.0 Å². The summed E-state index contributed by atoms with van der Waals surface area (Å²) in [6, 6.07) is 0.495. The van der Waals surface area contributed by atoms with E-state index >= 15 is 0 Å². The first-order valence-corrected chi connectivity index (χ1v) is 9.04. The van der Waals surface area contributed by atoms with E-state index in [1.54, 1.807) is 5.70 Å². The van der Waals surface area contributed by atoms with Crippen LogP contribution in [-0.2, 0) is 0 Å². The van der Waals surface area contributed by atoms with E-state index in [9.17, 15) is 0 Å². The predicted octanol–water partition coefficient (Wildman–Crippen LogP) is 4.06. The topological polar surface area (TPSA) is 29.3 Å². The van der Waals surface area contributed by atoms with Gasteiger partial charge < -0.3 is 10.6 Å². The molecule has 0 radical (unpaired) electrons. The van der Waals surface area contributed by atoms with E-state index in [1.807, 2.05) is 0 Å². The minimum atomic E-state index is 0.495. The van der Waals surface area contributed by atoms with Crippen molar-refractivity contribution in [2.24, 2.45) is 17.6 Å². The van der Waals surface area contributed by atoms with Gasteiger partial charge in [0.15, 0.2) is 0 Å². The third kappa shape index (κ3) is 3.39. The summed E-state index contributed by atoms with van der Waals surface area (Å²) >= 11 is 0. The monoisotopic (exact) mass is 276 g/mol. The number of fused-ring (bicyclic) bond motifs is 2. The Morgan fingerprint density at radius 1 is 0.850 bits per heavy atom. The Kier molecular flexibility index (Phi) is 5.04. The minimum Gasteiger partial charge on any atom is -0.374 e. The Labute approximate surface area is 124 Å². The summed E-state index contributed by atoms with van der Waals surface area (Å²) in [7, 11) is 0. The van der Waals surface area contributed by atoms with Crippen LogP contribution in [0.1, 0.15) is 70.6 Å². The number of likely N-dealkylation sites (tertiary alicyclic amines) is 1. The molecule has 0 aromatic carbocycles. The summed E-state index contributed by atoms with van der Waals surface area (Å²) in [5.41, 5.74) is 8.01. The summed E-state index contributed by atoms with van der Waals surface area (Å²) in [5, 5.41) is 0. The first kappa shape index (κ1) is 14.4. The highest BCUT2D eigenvalue weighted by atomic mass is 15.2. The molecule has 1 aliphatic heterocycles. The number of piperidine rings is 1. The van der Waals surface area contributed by atoms with E-state index in [4.69, 9.17) is 5.73 Å². The summed E-state index contributed by atoms with van der Waals surface area (Å²) in [6.07, 6.45) is 17.9. The number of hydrogen-bond acceptors (Lipinski definition) is 2. The van der Waals surface area contributed by atoms with E-state index < -0.39 is 0 Å². The Balaban J connectivity index is 1.62. The number of nitrogens with zero attached hydrogens (tertiary/aromatic N) is 1. The van der Waals surface area contributed by atoms with Gasteiger partial charge in [0, 0.05) is 24.8 Å². The van der Waals surface area contributed by atoms with Gasteiger partial charge in [0.25, 0.3) is 0 Å². The maximum atomic E-state index is 6.35. The second kappa shape index (κ2) is 6.98. The van der Waals surface area contributed by atoms with Gasteiger partial charge in [-0.15, -0.1) is 0 Å². The molecule has 0 spiro atoms. The zero-order valence-corrected chi connectivity index (χ0v) is 13.0. The van der Waals surface area contributed by atoms with Gasteiger partial charge in [0.2, 0.25) is 0 Å². The highest BCUT2D eigenvalue weighted by Crippen LogP contribution is 2.37. The Hall–Kier alpha value is -0.500. The molecule has 114 valence electrons. The summed E-state index contributed by atoms with van der Waals surface area (Å²) in [6.45, 7) is 2.48. The second-order valence-corrected chi connectivity index (χ2v) is 7.29. The lowest BCUT2D eigenvalue weighted by Crippen LogP contribution is -2.48. The van der Waals surface area contributed by atoms with Crippen molar-refractivity contribution in [2.45, 2.75) is 76.7 Å². The Morgan fingerprint density at radius 3 is 2.15 bits per heavy atom. The second-order valence-electron chi connectivity index (χ2n) is 7.29. The fourth-order valence-electron chi connectivity index (χ4n) is 4.49. The minimum absolute atomic E-state index is 0.495. The van der Waals surface area contributed by atoms with Crippen molar-refractivity contribution in [3.63, 3.8) is 0 Å². The van der Waals surface area contributed by atoms with Gasteiger partial charge in [-0.1, -0.05) is 38.2 Å². The Morgan fingerprint density at radius 2 is 1.45 bits per heavy atom. The largest absolute Gasteiger partial charge is 0.374 e. The molecule has 2 aliphatic carbocycles. The molecule has 2 fully saturated rings. The van der Waals surface area contributed by atoms with Crippen molar-refractivity contribution in [3.05, 3.63) is 11.8 Å². The molecule has 3 aliphatic rings. The summed E-state index contributed by atoms with van der Waals surface area (Å²) < 4.78 is 0. The van der Waals surface area contributed by atoms with E-state index in [-0.39, 0.29) is 0 Å². The Bertz CT molecular complexity index is 322. The van der Waals surface area contributed by atoms with Gasteiger partial charge in [-0.05, 0) is 50.4 Å². The molecule has 0 aromatic heterocycles. The molecule has 1 unspecified atom stereocenters. The van der Waals surface area contributed by atoms with Crippen LogP contribution in [0, 0.1) is 11.8 Å². The smallest absolute Gasteiger partial charge is 0.0218 e. The summed E-state index contributed by atoms with van der Waals surface area (Å²) in [5.74, 6) is 1.54. The van der Waals surface area contributed by atoms with Crippen molar-refractivity contribution in [1.82, 2.24) is 4.90 Å². The molecule has 20 heavy (non-hydrogen) atoms. The molecule has 3 atom stereocenters. The van der Waals surface area contributed by atoms with Gasteiger partial charge in [-0.3, -0.25) is 0 Å². The zero-order chi connectivity index (χ0) is 13.8. The average molecular weight is 276 g/mol. The lowest BCUT2D eigenvalue weighted by atomic mass is 9.92. The van der Waals surface area contributed by atoms with Gasteiger partial charge in [0.1, 0.15) is 0 Å². The molecule has 3 rings (SSSR count). The third-order valence-electron chi connectivity index (χ3n) is 5.83. The first-order valence-electron chi connectivity index (χ1n) is 9.04. The molecule has 2 heteroatoms. The molecule has 0 amide bonds. The molecule has 0 aromatic rings. The van der Waals surface area contributed by atoms with Crippen molar-refractivity contribution < 1.29 is 0 Å². The molecule has 1 saturated heterocycles. The van der Waals surface area contributed by atoms with Crippen molar-refractivity contribution in [1.29, 1.82) is 0 Å². The van der Waals surface area contributed by atoms with Crippen LogP contribution in [0.5, 0.6) is 0 Å². The SMILES string of the molecule is NC1[C@@H]2CC[C@H]1CN(/C1=C/CCCCCCCCC1)C2. The zero-order valence-electron chi connectivity index (χ0n) is 13.0. The highest BCUT2D eigenvalue weighted by molar-refractivity contribution is 5.07. The quantitative estimate of drug-likeness (QED) is 0.782. The van der Waals surface area contributed by atoms with Crippen LogP contribution in [0.15, 0.2) is 11.8 Å². The number of nitrogens with two attached hydrogens (primary N) is 1. The lowest BCUT2D eigenvalue weighted by molar-refractivity contribution is 0.178. The molecule has 1 heterocycles. The lowest BCUT2D eigenvalue weighted by Gasteiger charge is -2.39. The van der Waals surface area contributed by atoms with Crippen LogP contribution >= 0.6 is 0 Å². The first-order chi connectivity index (χ1) is 9.84. The van der Waals surface area contributed by atoms with Crippen LogP contribution in [0.25, 0.3) is 0 Å². The number of allylic oxidation sites excluding steroid dienone is 2. The molecular formula is C18H32N2. The predicted molar refractivity (Wildman–Crippen MR) is 85.4 cm³/mol. The molecule has 1 saturated carbocycles. The van der Waals surface area contributed by atoms with E-state index in [0.717, 1.165) is 11.8 Å².